The molecule has 0 saturated heterocycles. The van der Waals surface area contributed by atoms with Crippen molar-refractivity contribution >= 4 is 12.0 Å². The van der Waals surface area contributed by atoms with Crippen LogP contribution in [0.3, 0.4) is 0 Å². The van der Waals surface area contributed by atoms with Crippen LogP contribution >= 0.6 is 0 Å². The zero-order valence-corrected chi connectivity index (χ0v) is 5.14. The third kappa shape index (κ3) is 3.28. The molecule has 44 valence electrons. The van der Waals surface area contributed by atoms with E-state index >= 15 is 0 Å². The van der Waals surface area contributed by atoms with Crippen LogP contribution in [0.15, 0.2) is 12.2 Å². The number of allylic oxidation sites excluding steroid dienone is 2. The average Bonchev–Trinajstić information content (AvgIpc) is 1.83. The minimum Gasteiger partial charge on any atom is -0.299 e. The van der Waals surface area contributed by atoms with Crippen LogP contribution < -0.4 is 4.99 Å². The van der Waals surface area contributed by atoms with Crippen LogP contribution in [0.25, 0.3) is 0 Å². The largest absolute Gasteiger partial charge is 0.299 e. The van der Waals surface area contributed by atoms with Crippen LogP contribution in [0.1, 0.15) is 6.92 Å². The molecule has 8 heavy (non-hydrogen) atoms. The third-order valence-electron chi connectivity index (χ3n) is 0.819. The van der Waals surface area contributed by atoms with E-state index in [4.69, 9.17) is 0 Å². The van der Waals surface area contributed by atoms with E-state index in [9.17, 15) is 4.79 Å². The van der Waals surface area contributed by atoms with Crippen LogP contribution in [0.5, 0.6) is 0 Å². The molecule has 0 aromatic rings. The van der Waals surface area contributed by atoms with Crippen LogP contribution in [-0.4, -0.2) is 19.0 Å². The van der Waals surface area contributed by atoms with Gasteiger partial charge in [-0.2, -0.15) is 0 Å². The molecular weight excluding hydrogens is 102 g/mol. The van der Waals surface area contributed by atoms with Gasteiger partial charge >= 0.3 is 0 Å². The van der Waals surface area contributed by atoms with Gasteiger partial charge in [-0.3, -0.25) is 4.79 Å². The fraction of sp³-hybridized carbons (Fsp3) is 0.333. The molecule has 0 bridgehead atoms. The first-order valence-corrected chi connectivity index (χ1v) is 2.44. The van der Waals surface area contributed by atoms with Gasteiger partial charge in [0, 0.05) is 13.0 Å². The molecule has 0 fully saturated rings. The summed E-state index contributed by atoms with van der Waals surface area (Å²) in [4.78, 5) is 12.6. The van der Waals surface area contributed by atoms with Crippen LogP contribution in [0, 0.1) is 0 Å². The summed E-state index contributed by atoms with van der Waals surface area (Å²) in [5.41, 5.74) is 0.983. The lowest BCUT2D eigenvalue weighted by molar-refractivity contribution is -0.419. The third-order valence-corrected chi connectivity index (χ3v) is 0.819. The van der Waals surface area contributed by atoms with Crippen molar-refractivity contribution in [2.75, 3.05) is 7.05 Å². The highest BCUT2D eigenvalue weighted by molar-refractivity contribution is 5.90. The molecule has 0 aliphatic rings. The summed E-state index contributed by atoms with van der Waals surface area (Å²) in [6.45, 7) is 1.89. The van der Waals surface area contributed by atoms with E-state index < -0.39 is 0 Å². The van der Waals surface area contributed by atoms with E-state index in [1.54, 1.807) is 6.08 Å². The molecule has 0 rings (SSSR count). The summed E-state index contributed by atoms with van der Waals surface area (Å²) < 4.78 is 0. The van der Waals surface area contributed by atoms with E-state index in [-0.39, 0.29) is 0 Å². The van der Waals surface area contributed by atoms with Crippen molar-refractivity contribution < 1.29 is 9.79 Å². The number of aldehydes is 1. The van der Waals surface area contributed by atoms with Gasteiger partial charge in [-0.15, -0.1) is 0 Å². The highest BCUT2D eigenvalue weighted by atomic mass is 16.1. The Labute approximate surface area is 48.9 Å². The number of carbonyl (C=O) groups excluding carboxylic acids is 1. The number of hydrogen-bond donors (Lipinski definition) is 1. The van der Waals surface area contributed by atoms with Crippen molar-refractivity contribution in [1.29, 1.82) is 0 Å². The van der Waals surface area contributed by atoms with E-state index in [1.807, 2.05) is 14.0 Å². The highest BCUT2D eigenvalue weighted by Gasteiger charge is 1.81. The molecule has 0 aromatic carbocycles. The van der Waals surface area contributed by atoms with Gasteiger partial charge in [-0.05, 0) is 6.08 Å². The molecule has 0 aromatic heterocycles. The summed E-state index contributed by atoms with van der Waals surface area (Å²) in [6.07, 6.45) is 3.92. The molecule has 1 N–H and O–H groups in total. The molecular formula is C6H10NO+. The Morgan fingerprint density at radius 3 is 2.62 bits per heavy atom. The zero-order chi connectivity index (χ0) is 6.41. The zero-order valence-electron chi connectivity index (χ0n) is 5.14. The molecule has 0 saturated carbocycles. The summed E-state index contributed by atoms with van der Waals surface area (Å²) in [7, 11) is 1.81. The highest BCUT2D eigenvalue weighted by Crippen LogP contribution is 1.65. The molecule has 2 nitrogen and oxygen atoms in total. The predicted octanol–water partition coefficient (Wildman–Crippen LogP) is -1.09. The molecule has 0 spiro atoms. The van der Waals surface area contributed by atoms with Crippen molar-refractivity contribution in [3.05, 3.63) is 12.2 Å². The molecule has 0 atom stereocenters. The van der Waals surface area contributed by atoms with Gasteiger partial charge in [0.05, 0.1) is 0 Å². The quantitative estimate of drug-likeness (QED) is 0.275. The van der Waals surface area contributed by atoms with Crippen LogP contribution in [0.4, 0.5) is 0 Å². The second-order valence-electron chi connectivity index (χ2n) is 1.43. The maximum absolute atomic E-state index is 9.70. The monoisotopic (exact) mass is 112 g/mol. The first kappa shape index (κ1) is 7.08. The van der Waals surface area contributed by atoms with Crippen molar-refractivity contribution in [2.24, 2.45) is 0 Å². The van der Waals surface area contributed by atoms with Gasteiger partial charge in [0.15, 0.2) is 5.71 Å². The fourth-order valence-corrected chi connectivity index (χ4v) is 0.267. The Bertz CT molecular complexity index is 124. The number of carbonyl (C=O) groups is 1. The first-order valence-electron chi connectivity index (χ1n) is 2.44. The number of hydrogen-bond acceptors (Lipinski definition) is 1. The number of nitrogens with one attached hydrogen (secondary N) is 1. The van der Waals surface area contributed by atoms with Gasteiger partial charge < -0.3 is 0 Å². The molecule has 0 radical (unpaired) electrons. The van der Waals surface area contributed by atoms with Gasteiger partial charge in [-0.25, -0.2) is 4.99 Å². The standard InChI is InChI=1S/C6H9NO/c1-6(7-2)4-3-5-8/h3-5H,1-2H3/p+1/b4-3+,7-6?. The van der Waals surface area contributed by atoms with Gasteiger partial charge in [0.2, 0.25) is 0 Å². The van der Waals surface area contributed by atoms with Crippen LogP contribution in [-0.2, 0) is 4.79 Å². The van der Waals surface area contributed by atoms with E-state index in [2.05, 4.69) is 4.99 Å². The summed E-state index contributed by atoms with van der Waals surface area (Å²) >= 11 is 0. The molecule has 2 heteroatoms. The van der Waals surface area contributed by atoms with Gasteiger partial charge in [0.1, 0.15) is 13.3 Å². The molecule has 0 heterocycles. The van der Waals surface area contributed by atoms with E-state index in [1.165, 1.54) is 6.08 Å². The lowest BCUT2D eigenvalue weighted by Crippen LogP contribution is -2.66. The Hall–Kier alpha value is -0.920. The smallest absolute Gasteiger partial charge is 0.171 e. The Morgan fingerprint density at radius 1 is 1.62 bits per heavy atom. The maximum atomic E-state index is 9.70. The minimum atomic E-state index is 0.751. The van der Waals surface area contributed by atoms with Crippen molar-refractivity contribution in [2.45, 2.75) is 6.92 Å². The summed E-state index contributed by atoms with van der Waals surface area (Å²) in [5, 5.41) is 0. The fourth-order valence-electron chi connectivity index (χ4n) is 0.267. The maximum Gasteiger partial charge on any atom is 0.171 e. The van der Waals surface area contributed by atoms with Crippen molar-refractivity contribution in [3.8, 4) is 0 Å². The van der Waals surface area contributed by atoms with Crippen molar-refractivity contribution in [1.82, 2.24) is 0 Å². The second-order valence-corrected chi connectivity index (χ2v) is 1.43. The van der Waals surface area contributed by atoms with E-state index in [0.29, 0.717) is 0 Å². The Kier molecular flexibility index (Phi) is 3.76. The normalized spacial score (nSPS) is 12.5. The SMILES string of the molecule is C[NH+]=C(C)/C=C/C=O. The van der Waals surface area contributed by atoms with Crippen LogP contribution in [0.2, 0.25) is 0 Å². The molecule has 0 unspecified atom stereocenters. The average molecular weight is 112 g/mol. The van der Waals surface area contributed by atoms with Gasteiger partial charge in [-0.1, -0.05) is 0 Å². The predicted molar refractivity (Wildman–Crippen MR) is 32.8 cm³/mol. The summed E-state index contributed by atoms with van der Waals surface area (Å²) in [5.74, 6) is 0. The topological polar surface area (TPSA) is 31.0 Å². The van der Waals surface area contributed by atoms with Gasteiger partial charge in [0.25, 0.3) is 0 Å². The summed E-state index contributed by atoms with van der Waals surface area (Å²) in [6, 6.07) is 0. The molecule has 0 amide bonds. The Morgan fingerprint density at radius 2 is 2.25 bits per heavy atom. The minimum absolute atomic E-state index is 0.751. The second kappa shape index (κ2) is 4.24. The Balaban J connectivity index is 3.69. The van der Waals surface area contributed by atoms with E-state index in [0.717, 1.165) is 12.0 Å². The molecule has 0 aliphatic carbocycles. The lowest BCUT2D eigenvalue weighted by Gasteiger charge is -1.73. The first-order chi connectivity index (χ1) is 3.81. The van der Waals surface area contributed by atoms with Crippen molar-refractivity contribution in [3.63, 3.8) is 0 Å². The molecule has 0 aliphatic heterocycles. The lowest BCUT2D eigenvalue weighted by atomic mass is 10.4. The number of rotatable bonds is 2.